The zero-order valence-electron chi connectivity index (χ0n) is 16.3. The zero-order chi connectivity index (χ0) is 20.3. The number of carbonyl (C=O) groups excluding carboxylic acids is 2. The van der Waals surface area contributed by atoms with Crippen molar-refractivity contribution in [2.75, 3.05) is 0 Å². The molecule has 0 N–H and O–H groups in total. The van der Waals surface area contributed by atoms with Gasteiger partial charge in [0.25, 0.3) is 6.29 Å². The van der Waals surface area contributed by atoms with E-state index in [1.807, 2.05) is 24.6 Å². The molecule has 29 heavy (non-hydrogen) atoms. The van der Waals surface area contributed by atoms with Gasteiger partial charge >= 0.3 is 5.97 Å². The highest BCUT2D eigenvalue weighted by molar-refractivity contribution is 7.13. The number of allylic oxidation sites excluding steroid dienone is 1. The third-order valence-electron chi connectivity index (χ3n) is 5.68. The van der Waals surface area contributed by atoms with Gasteiger partial charge in [-0.15, -0.1) is 11.3 Å². The molecule has 0 saturated heterocycles. The number of thiophene rings is 1. The number of Topliss-reactive ketones (excluding diaryl/α,β-unsaturated/α-hetero) is 1. The van der Waals surface area contributed by atoms with Gasteiger partial charge in [0.05, 0.1) is 12.0 Å². The number of hydrogen-bond acceptors (Lipinski definition) is 5. The van der Waals surface area contributed by atoms with Crippen LogP contribution in [-0.2, 0) is 21.3 Å². The molecular formula is C23H19NO4S. The first-order valence-corrected chi connectivity index (χ1v) is 10.3. The number of nitrogens with zero attached hydrogens (tertiary/aromatic N) is 1. The van der Waals surface area contributed by atoms with E-state index < -0.39 is 12.3 Å². The summed E-state index contributed by atoms with van der Waals surface area (Å²) in [5.74, 6) is -0.551. The monoisotopic (exact) mass is 405 g/mol. The fraction of sp³-hybridized carbons (Fsp3) is 0.217. The van der Waals surface area contributed by atoms with Gasteiger partial charge in [0.2, 0.25) is 5.78 Å². The quantitative estimate of drug-likeness (QED) is 0.352. The number of aromatic nitrogens is 1. The second-order valence-electron chi connectivity index (χ2n) is 7.41. The molecule has 1 aliphatic carbocycles. The standard InChI is InChI=1S/C23H19NO4S/c1-12-9-19(28-23(12)26)27-11-16-13(2)20-15-10-14(18-5-4-8-29-18)6-7-17(15)24(3)21(20)22(16)25/h4-11,13,19H,1-3H3/b16-11+. The smallest absolute Gasteiger partial charge is 0.336 e. The minimum absolute atomic E-state index is 0.0473. The molecule has 0 saturated carbocycles. The maximum Gasteiger partial charge on any atom is 0.336 e. The highest BCUT2D eigenvalue weighted by atomic mass is 32.1. The maximum absolute atomic E-state index is 13.2. The third kappa shape index (κ3) is 2.67. The summed E-state index contributed by atoms with van der Waals surface area (Å²) in [6, 6.07) is 10.5. The van der Waals surface area contributed by atoms with Crippen LogP contribution >= 0.6 is 11.3 Å². The molecule has 1 aromatic carbocycles. The second-order valence-corrected chi connectivity index (χ2v) is 8.36. The minimum Gasteiger partial charge on any atom is -0.458 e. The van der Waals surface area contributed by atoms with E-state index in [0.29, 0.717) is 16.8 Å². The van der Waals surface area contributed by atoms with Gasteiger partial charge in [-0.3, -0.25) is 4.79 Å². The largest absolute Gasteiger partial charge is 0.458 e. The molecule has 0 amide bonds. The average Bonchev–Trinajstić information content (AvgIpc) is 3.44. The lowest BCUT2D eigenvalue weighted by Crippen LogP contribution is -2.11. The normalized spacial score (nSPS) is 22.3. The molecule has 1 aliphatic heterocycles. The Balaban J connectivity index is 1.55. The topological polar surface area (TPSA) is 57.5 Å². The van der Waals surface area contributed by atoms with Crippen molar-refractivity contribution in [3.63, 3.8) is 0 Å². The first kappa shape index (κ1) is 17.9. The molecular weight excluding hydrogens is 386 g/mol. The molecule has 2 atom stereocenters. The van der Waals surface area contributed by atoms with Gasteiger partial charge < -0.3 is 14.0 Å². The van der Waals surface area contributed by atoms with Gasteiger partial charge in [0.15, 0.2) is 0 Å². The van der Waals surface area contributed by atoms with Crippen molar-refractivity contribution >= 4 is 34.0 Å². The van der Waals surface area contributed by atoms with E-state index in [9.17, 15) is 9.59 Å². The number of hydrogen-bond donors (Lipinski definition) is 0. The number of fused-ring (bicyclic) bond motifs is 3. The Labute approximate surface area is 171 Å². The molecule has 2 unspecified atom stereocenters. The van der Waals surface area contributed by atoms with Crippen molar-refractivity contribution < 1.29 is 19.1 Å². The molecule has 3 aromatic rings. The van der Waals surface area contributed by atoms with E-state index in [2.05, 4.69) is 29.6 Å². The van der Waals surface area contributed by atoms with E-state index in [-0.39, 0.29) is 11.7 Å². The van der Waals surface area contributed by atoms with Crippen LogP contribution in [0.2, 0.25) is 0 Å². The van der Waals surface area contributed by atoms with Gasteiger partial charge in [-0.1, -0.05) is 19.1 Å². The number of esters is 1. The van der Waals surface area contributed by atoms with Gasteiger partial charge in [-0.25, -0.2) is 4.79 Å². The fourth-order valence-corrected chi connectivity index (χ4v) is 4.86. The minimum atomic E-state index is -0.777. The molecule has 2 aliphatic rings. The van der Waals surface area contributed by atoms with Crippen molar-refractivity contribution in [1.82, 2.24) is 4.57 Å². The van der Waals surface area contributed by atoms with Gasteiger partial charge in [-0.2, -0.15) is 0 Å². The number of benzene rings is 1. The third-order valence-corrected chi connectivity index (χ3v) is 6.60. The maximum atomic E-state index is 13.2. The van der Waals surface area contributed by atoms with Crippen LogP contribution in [-0.4, -0.2) is 22.6 Å². The summed E-state index contributed by atoms with van der Waals surface area (Å²) in [4.78, 5) is 25.9. The van der Waals surface area contributed by atoms with E-state index >= 15 is 0 Å². The second kappa shape index (κ2) is 6.46. The summed E-state index contributed by atoms with van der Waals surface area (Å²) in [5.41, 5.74) is 4.99. The Hall–Kier alpha value is -3.12. The number of aryl methyl sites for hydroxylation is 1. The lowest BCUT2D eigenvalue weighted by Gasteiger charge is -2.11. The van der Waals surface area contributed by atoms with Crippen LogP contribution in [0.5, 0.6) is 0 Å². The van der Waals surface area contributed by atoms with Crippen molar-refractivity contribution in [2.45, 2.75) is 26.1 Å². The molecule has 0 bridgehead atoms. The molecule has 6 heteroatoms. The lowest BCUT2D eigenvalue weighted by atomic mass is 9.98. The Kier molecular flexibility index (Phi) is 3.99. The molecule has 5 rings (SSSR count). The Morgan fingerprint density at radius 1 is 1.24 bits per heavy atom. The van der Waals surface area contributed by atoms with Crippen molar-refractivity contribution in [1.29, 1.82) is 0 Å². The van der Waals surface area contributed by atoms with Gasteiger partial charge in [0.1, 0.15) is 0 Å². The predicted octanol–water partition coefficient (Wildman–Crippen LogP) is 4.94. The van der Waals surface area contributed by atoms with Crippen LogP contribution in [0, 0.1) is 0 Å². The Morgan fingerprint density at radius 3 is 2.76 bits per heavy atom. The summed E-state index contributed by atoms with van der Waals surface area (Å²) in [6.45, 7) is 3.69. The SMILES string of the molecule is CC1=CC(O/C=C2/C(=O)c3c(c4cc(-c5cccs5)ccc4n3C)C2C)OC1=O. The number of rotatable bonds is 3. The highest BCUT2D eigenvalue weighted by Crippen LogP contribution is 2.44. The highest BCUT2D eigenvalue weighted by Gasteiger charge is 2.38. The first-order valence-electron chi connectivity index (χ1n) is 9.41. The number of carbonyl (C=O) groups is 2. The van der Waals surface area contributed by atoms with E-state index in [4.69, 9.17) is 9.47 Å². The van der Waals surface area contributed by atoms with E-state index in [1.54, 1.807) is 24.3 Å². The number of cyclic esters (lactones) is 1. The summed E-state index contributed by atoms with van der Waals surface area (Å²) >= 11 is 1.70. The molecule has 0 fully saturated rings. The molecule has 2 aromatic heterocycles. The molecule has 5 nitrogen and oxygen atoms in total. The van der Waals surface area contributed by atoms with Crippen LogP contribution in [0.25, 0.3) is 21.3 Å². The first-order chi connectivity index (χ1) is 14.0. The zero-order valence-corrected chi connectivity index (χ0v) is 17.1. The van der Waals surface area contributed by atoms with Crippen molar-refractivity contribution in [3.05, 3.63) is 70.5 Å². The lowest BCUT2D eigenvalue weighted by molar-refractivity contribution is -0.152. The van der Waals surface area contributed by atoms with E-state index in [0.717, 1.165) is 22.0 Å². The average molecular weight is 405 g/mol. The molecule has 0 radical (unpaired) electrons. The number of ketones is 1. The summed E-state index contributed by atoms with van der Waals surface area (Å²) in [6.07, 6.45) is 2.29. The van der Waals surface area contributed by atoms with E-state index in [1.165, 1.54) is 11.1 Å². The van der Waals surface area contributed by atoms with Gasteiger partial charge in [-0.05, 0) is 41.6 Å². The van der Waals surface area contributed by atoms with Crippen LogP contribution in [0.4, 0.5) is 0 Å². The van der Waals surface area contributed by atoms with Crippen molar-refractivity contribution in [2.24, 2.45) is 7.05 Å². The van der Waals surface area contributed by atoms with Crippen LogP contribution < -0.4 is 0 Å². The summed E-state index contributed by atoms with van der Waals surface area (Å²) in [5, 5.41) is 3.14. The summed E-state index contributed by atoms with van der Waals surface area (Å²) in [7, 11) is 1.92. The predicted molar refractivity (Wildman–Crippen MR) is 112 cm³/mol. The fourth-order valence-electron chi connectivity index (χ4n) is 4.14. The molecule has 3 heterocycles. The molecule has 146 valence electrons. The van der Waals surface area contributed by atoms with Crippen LogP contribution in [0.3, 0.4) is 0 Å². The van der Waals surface area contributed by atoms with Crippen LogP contribution in [0.15, 0.2) is 59.2 Å². The summed E-state index contributed by atoms with van der Waals surface area (Å²) < 4.78 is 12.7. The van der Waals surface area contributed by atoms with Gasteiger partial charge in [0, 0.05) is 46.0 Å². The number of ether oxygens (including phenoxy) is 2. The Morgan fingerprint density at radius 2 is 2.07 bits per heavy atom. The van der Waals surface area contributed by atoms with Crippen molar-refractivity contribution in [3.8, 4) is 10.4 Å². The Bertz CT molecular complexity index is 1230. The molecule has 0 spiro atoms. The van der Waals surface area contributed by atoms with Crippen LogP contribution in [0.1, 0.15) is 35.8 Å².